The molecule has 0 saturated heterocycles. The van der Waals surface area contributed by atoms with E-state index in [0.717, 1.165) is 10.6 Å². The fourth-order valence-corrected chi connectivity index (χ4v) is 3.52. The summed E-state index contributed by atoms with van der Waals surface area (Å²) in [4.78, 5) is 12.4. The molecule has 8 heteroatoms. The topological polar surface area (TPSA) is 85.5 Å². The number of nitrogens with zero attached hydrogens (tertiary/aromatic N) is 3. The molecule has 0 atom stereocenters. The summed E-state index contributed by atoms with van der Waals surface area (Å²) >= 11 is 1.70. The first-order chi connectivity index (χ1) is 13.9. The van der Waals surface area contributed by atoms with Crippen molar-refractivity contribution in [2.75, 3.05) is 62.7 Å². The van der Waals surface area contributed by atoms with E-state index in [-0.39, 0.29) is 0 Å². The maximum atomic E-state index is 6.50. The molecule has 0 bridgehead atoms. The van der Waals surface area contributed by atoms with E-state index >= 15 is 0 Å². The van der Waals surface area contributed by atoms with E-state index in [2.05, 4.69) is 58.5 Å². The van der Waals surface area contributed by atoms with Gasteiger partial charge < -0.3 is 25.4 Å². The number of rotatable bonds is 11. The first-order valence-electron chi connectivity index (χ1n) is 9.73. The Morgan fingerprint density at radius 2 is 1.79 bits per heavy atom. The van der Waals surface area contributed by atoms with Crippen molar-refractivity contribution in [3.8, 4) is 0 Å². The Morgan fingerprint density at radius 1 is 1.14 bits per heavy atom. The number of ether oxygens (including phenoxy) is 2. The van der Waals surface area contributed by atoms with Gasteiger partial charge in [0.2, 0.25) is 0 Å². The Hall–Kier alpha value is -2.03. The molecule has 0 fully saturated rings. The summed E-state index contributed by atoms with van der Waals surface area (Å²) in [7, 11) is 3.36. The minimum Gasteiger partial charge on any atom is -0.393 e. The molecule has 0 radical (unpaired) electrons. The second-order valence-electron chi connectivity index (χ2n) is 7.07. The van der Waals surface area contributed by atoms with Gasteiger partial charge in [-0.3, -0.25) is 0 Å². The van der Waals surface area contributed by atoms with Crippen LogP contribution in [0.25, 0.3) is 0 Å². The second kappa shape index (κ2) is 11.2. The highest BCUT2D eigenvalue weighted by Gasteiger charge is 2.18. The number of thioether (sulfide) groups is 1. The lowest BCUT2D eigenvalue weighted by Crippen LogP contribution is -2.32. The van der Waals surface area contributed by atoms with Crippen molar-refractivity contribution in [1.82, 2.24) is 9.97 Å². The number of aromatic nitrogens is 2. The summed E-state index contributed by atoms with van der Waals surface area (Å²) in [6, 6.07) is 6.44. The molecule has 160 valence electrons. The van der Waals surface area contributed by atoms with Crippen LogP contribution in [0.3, 0.4) is 0 Å². The van der Waals surface area contributed by atoms with Gasteiger partial charge in [0.15, 0.2) is 11.6 Å². The molecular weight excluding hydrogens is 386 g/mol. The molecule has 29 heavy (non-hydrogen) atoms. The number of anilines is 4. The van der Waals surface area contributed by atoms with Crippen molar-refractivity contribution in [3.63, 3.8) is 0 Å². The van der Waals surface area contributed by atoms with Crippen LogP contribution >= 0.6 is 11.8 Å². The van der Waals surface area contributed by atoms with Crippen LogP contribution in [0.5, 0.6) is 0 Å². The zero-order chi connectivity index (χ0) is 21.4. The van der Waals surface area contributed by atoms with Crippen LogP contribution in [-0.2, 0) is 9.47 Å². The molecule has 1 heterocycles. The predicted octanol–water partition coefficient (Wildman–Crippen LogP) is 4.06. The zero-order valence-electron chi connectivity index (χ0n) is 18.3. The lowest BCUT2D eigenvalue weighted by Gasteiger charge is -2.25. The molecule has 0 unspecified atom stereocenters. The van der Waals surface area contributed by atoms with Gasteiger partial charge in [0, 0.05) is 32.2 Å². The number of hydrogen-bond donors (Lipinski definition) is 2. The minimum absolute atomic E-state index is 0.475. The van der Waals surface area contributed by atoms with E-state index in [9.17, 15) is 0 Å². The van der Waals surface area contributed by atoms with Crippen LogP contribution < -0.4 is 16.0 Å². The summed E-state index contributed by atoms with van der Waals surface area (Å²) in [6.07, 6.45) is 2.07. The lowest BCUT2D eigenvalue weighted by molar-refractivity contribution is 0.190. The van der Waals surface area contributed by atoms with Crippen LogP contribution in [0.15, 0.2) is 23.1 Å². The standard InChI is InChI=1S/C21H33N5O2S/c1-14(2)16-7-8-17(18(13-16)29-6)25-20-19(22)21(24-15(3)23-20)26(9-11-27-4)10-12-28-5/h7-8,13-14H,9-12,22H2,1-6H3,(H,23,24,25). The van der Waals surface area contributed by atoms with Gasteiger partial charge in [-0.25, -0.2) is 9.97 Å². The van der Waals surface area contributed by atoms with Gasteiger partial charge in [-0.15, -0.1) is 11.8 Å². The number of nitrogens with one attached hydrogen (secondary N) is 1. The minimum atomic E-state index is 0.475. The Bertz CT molecular complexity index is 793. The van der Waals surface area contributed by atoms with Crippen molar-refractivity contribution in [2.24, 2.45) is 0 Å². The number of benzene rings is 1. The third kappa shape index (κ3) is 6.22. The van der Waals surface area contributed by atoms with Gasteiger partial charge in [-0.2, -0.15) is 0 Å². The van der Waals surface area contributed by atoms with E-state index in [1.807, 2.05) is 6.92 Å². The van der Waals surface area contributed by atoms with E-state index in [4.69, 9.17) is 15.2 Å². The molecule has 1 aromatic carbocycles. The third-order valence-corrected chi connectivity index (χ3v) is 5.39. The molecule has 0 amide bonds. The van der Waals surface area contributed by atoms with Gasteiger partial charge in [0.1, 0.15) is 11.5 Å². The summed E-state index contributed by atoms with van der Waals surface area (Å²) in [5, 5.41) is 3.42. The van der Waals surface area contributed by atoms with Crippen molar-refractivity contribution >= 4 is 34.8 Å². The Kier molecular flexibility index (Phi) is 9.00. The maximum Gasteiger partial charge on any atom is 0.159 e. The molecular formula is C21H33N5O2S. The molecule has 2 aromatic rings. The first kappa shape index (κ1) is 23.3. The molecule has 1 aromatic heterocycles. The number of methoxy groups -OCH3 is 2. The summed E-state index contributed by atoms with van der Waals surface area (Å²) in [5.74, 6) is 2.43. The van der Waals surface area contributed by atoms with Gasteiger partial charge in [-0.1, -0.05) is 19.9 Å². The highest BCUT2D eigenvalue weighted by Crippen LogP contribution is 2.34. The largest absolute Gasteiger partial charge is 0.393 e. The molecule has 0 aliphatic heterocycles. The average molecular weight is 420 g/mol. The fraction of sp³-hybridized carbons (Fsp3) is 0.524. The third-order valence-electron chi connectivity index (χ3n) is 4.61. The van der Waals surface area contributed by atoms with E-state index in [1.54, 1.807) is 26.0 Å². The number of hydrogen-bond acceptors (Lipinski definition) is 8. The van der Waals surface area contributed by atoms with Gasteiger partial charge >= 0.3 is 0 Å². The van der Waals surface area contributed by atoms with Crippen molar-refractivity contribution in [2.45, 2.75) is 31.6 Å². The number of nitrogen functional groups attached to an aromatic ring is 1. The Morgan fingerprint density at radius 3 is 2.34 bits per heavy atom. The quantitative estimate of drug-likeness (QED) is 0.528. The maximum absolute atomic E-state index is 6.50. The van der Waals surface area contributed by atoms with Crippen LogP contribution in [0.1, 0.15) is 31.2 Å². The van der Waals surface area contributed by atoms with Crippen LogP contribution in [0.4, 0.5) is 23.0 Å². The number of nitrogens with two attached hydrogens (primary N) is 1. The highest BCUT2D eigenvalue weighted by molar-refractivity contribution is 7.98. The second-order valence-corrected chi connectivity index (χ2v) is 7.92. The smallest absolute Gasteiger partial charge is 0.159 e. The normalized spacial score (nSPS) is 11.1. The summed E-state index contributed by atoms with van der Waals surface area (Å²) in [5.41, 5.74) is 9.30. The first-order valence-corrected chi connectivity index (χ1v) is 11.0. The molecule has 0 spiro atoms. The zero-order valence-corrected chi connectivity index (χ0v) is 19.1. The molecule has 7 nitrogen and oxygen atoms in total. The molecule has 0 aliphatic carbocycles. The average Bonchev–Trinajstić information content (AvgIpc) is 2.70. The van der Waals surface area contributed by atoms with Crippen molar-refractivity contribution < 1.29 is 9.47 Å². The fourth-order valence-electron chi connectivity index (χ4n) is 2.93. The molecule has 3 N–H and O–H groups in total. The van der Waals surface area contributed by atoms with Gasteiger partial charge in [-0.05, 0) is 36.8 Å². The summed E-state index contributed by atoms with van der Waals surface area (Å²) in [6.45, 7) is 8.73. The van der Waals surface area contributed by atoms with Crippen LogP contribution in [0.2, 0.25) is 0 Å². The van der Waals surface area contributed by atoms with Gasteiger partial charge in [0.25, 0.3) is 0 Å². The Labute approximate surface area is 178 Å². The highest BCUT2D eigenvalue weighted by atomic mass is 32.2. The van der Waals surface area contributed by atoms with Crippen LogP contribution in [0, 0.1) is 6.92 Å². The van der Waals surface area contributed by atoms with Crippen molar-refractivity contribution in [3.05, 3.63) is 29.6 Å². The SMILES string of the molecule is COCCN(CCOC)c1nc(C)nc(Nc2ccc(C(C)C)cc2SC)c1N. The lowest BCUT2D eigenvalue weighted by atomic mass is 10.0. The molecule has 2 rings (SSSR count). The van der Waals surface area contributed by atoms with Crippen molar-refractivity contribution in [1.29, 1.82) is 0 Å². The predicted molar refractivity (Wildman–Crippen MR) is 123 cm³/mol. The molecule has 0 aliphatic rings. The summed E-state index contributed by atoms with van der Waals surface area (Å²) < 4.78 is 10.5. The van der Waals surface area contributed by atoms with E-state index in [0.29, 0.717) is 55.4 Å². The number of aryl methyl sites for hydroxylation is 1. The van der Waals surface area contributed by atoms with Crippen LogP contribution in [-0.4, -0.2) is 56.7 Å². The monoisotopic (exact) mass is 419 g/mol. The molecule has 0 saturated carbocycles. The Balaban J connectivity index is 2.39. The van der Waals surface area contributed by atoms with E-state index < -0.39 is 0 Å². The van der Waals surface area contributed by atoms with E-state index in [1.165, 1.54) is 5.56 Å². The van der Waals surface area contributed by atoms with Gasteiger partial charge in [0.05, 0.1) is 18.9 Å².